The van der Waals surface area contributed by atoms with E-state index in [0.717, 1.165) is 11.1 Å². The number of aryl methyl sites for hydroxylation is 3. The Balaban J connectivity index is 2.93. The molecule has 0 unspecified atom stereocenters. The molecule has 2 rings (SSSR count). The summed E-state index contributed by atoms with van der Waals surface area (Å²) >= 11 is 6.02. The summed E-state index contributed by atoms with van der Waals surface area (Å²) in [5, 5.41) is 1.81. The van der Waals surface area contributed by atoms with Gasteiger partial charge in [0, 0.05) is 5.39 Å². The van der Waals surface area contributed by atoms with E-state index in [1.807, 2.05) is 6.92 Å². The summed E-state index contributed by atoms with van der Waals surface area (Å²) in [6.07, 6.45) is 0. The van der Waals surface area contributed by atoms with Crippen molar-refractivity contribution < 1.29 is 0 Å². The molecule has 1 aromatic heterocycles. The van der Waals surface area contributed by atoms with E-state index in [2.05, 4.69) is 37.9 Å². The summed E-state index contributed by atoms with van der Waals surface area (Å²) in [5.41, 5.74) is 5.94. The van der Waals surface area contributed by atoms with Crippen LogP contribution in [0.5, 0.6) is 0 Å². The summed E-state index contributed by atoms with van der Waals surface area (Å²) in [4.78, 5) is 4.40. The minimum atomic E-state index is 0.602. The molecular weight excluding hydrogens is 206 g/mol. The van der Waals surface area contributed by atoms with E-state index in [0.29, 0.717) is 5.15 Å². The van der Waals surface area contributed by atoms with Gasteiger partial charge in [-0.2, -0.15) is 0 Å². The Morgan fingerprint density at radius 2 is 1.60 bits per heavy atom. The van der Waals surface area contributed by atoms with Crippen LogP contribution in [0.4, 0.5) is 0 Å². The van der Waals surface area contributed by atoms with E-state index in [-0.39, 0.29) is 0 Å². The van der Waals surface area contributed by atoms with Gasteiger partial charge in [-0.25, -0.2) is 4.98 Å². The van der Waals surface area contributed by atoms with Crippen molar-refractivity contribution in [1.29, 1.82) is 0 Å². The molecule has 0 saturated heterocycles. The molecule has 0 N–H and O–H groups in total. The van der Waals surface area contributed by atoms with Crippen LogP contribution < -0.4 is 0 Å². The van der Waals surface area contributed by atoms with E-state index in [1.54, 1.807) is 0 Å². The Kier molecular flexibility index (Phi) is 2.43. The number of nitrogens with zero attached hydrogens (tertiary/aromatic N) is 1. The number of aromatic nitrogens is 1. The van der Waals surface area contributed by atoms with Gasteiger partial charge in [-0.05, 0) is 62.1 Å². The van der Waals surface area contributed by atoms with Crippen LogP contribution in [0.2, 0.25) is 5.15 Å². The van der Waals surface area contributed by atoms with Crippen molar-refractivity contribution in [1.82, 2.24) is 4.98 Å². The molecule has 2 aromatic rings. The quantitative estimate of drug-likeness (QED) is 0.608. The van der Waals surface area contributed by atoms with Gasteiger partial charge in [0.15, 0.2) is 0 Å². The summed E-state index contributed by atoms with van der Waals surface area (Å²) in [6.45, 7) is 8.38. The number of pyridine rings is 1. The van der Waals surface area contributed by atoms with E-state index >= 15 is 0 Å². The maximum Gasteiger partial charge on any atom is 0.132 e. The van der Waals surface area contributed by atoms with Crippen LogP contribution in [-0.4, -0.2) is 4.98 Å². The first kappa shape index (κ1) is 10.4. The summed E-state index contributed by atoms with van der Waals surface area (Å²) in [5.74, 6) is 0. The maximum absolute atomic E-state index is 6.02. The molecule has 0 aliphatic heterocycles. The van der Waals surface area contributed by atoms with Crippen LogP contribution in [0.3, 0.4) is 0 Å². The minimum absolute atomic E-state index is 0.602. The van der Waals surface area contributed by atoms with Crippen molar-refractivity contribution in [2.45, 2.75) is 27.7 Å². The predicted molar refractivity (Wildman–Crippen MR) is 65.7 cm³/mol. The van der Waals surface area contributed by atoms with Crippen molar-refractivity contribution in [3.8, 4) is 0 Å². The van der Waals surface area contributed by atoms with E-state index in [4.69, 9.17) is 11.6 Å². The fourth-order valence-electron chi connectivity index (χ4n) is 1.83. The molecule has 0 spiro atoms. The molecule has 0 fully saturated rings. The SMILES string of the molecule is Cc1cc2c(C)c(C)c(C)cc2nc1Cl. The number of benzene rings is 1. The average molecular weight is 220 g/mol. The van der Waals surface area contributed by atoms with E-state index in [9.17, 15) is 0 Å². The molecule has 1 nitrogen and oxygen atoms in total. The number of hydrogen-bond donors (Lipinski definition) is 0. The third-order valence-electron chi connectivity index (χ3n) is 3.09. The molecule has 1 heterocycles. The molecular formula is C13H14ClN. The lowest BCUT2D eigenvalue weighted by Crippen LogP contribution is -1.92. The maximum atomic E-state index is 6.02. The second kappa shape index (κ2) is 3.49. The van der Waals surface area contributed by atoms with Crippen LogP contribution in [0, 0.1) is 27.7 Å². The highest BCUT2D eigenvalue weighted by Crippen LogP contribution is 2.26. The minimum Gasteiger partial charge on any atom is -0.236 e. The van der Waals surface area contributed by atoms with Crippen molar-refractivity contribution in [2.75, 3.05) is 0 Å². The highest BCUT2D eigenvalue weighted by molar-refractivity contribution is 6.30. The molecule has 0 aliphatic carbocycles. The van der Waals surface area contributed by atoms with Crippen LogP contribution in [-0.2, 0) is 0 Å². The largest absolute Gasteiger partial charge is 0.236 e. The lowest BCUT2D eigenvalue weighted by atomic mass is 9.99. The van der Waals surface area contributed by atoms with Gasteiger partial charge in [0.2, 0.25) is 0 Å². The third-order valence-corrected chi connectivity index (χ3v) is 3.47. The zero-order chi connectivity index (χ0) is 11.2. The molecule has 0 aliphatic rings. The Hall–Kier alpha value is -1.08. The topological polar surface area (TPSA) is 12.9 Å². The zero-order valence-electron chi connectivity index (χ0n) is 9.48. The summed E-state index contributed by atoms with van der Waals surface area (Å²) in [7, 11) is 0. The van der Waals surface area contributed by atoms with Crippen LogP contribution in [0.1, 0.15) is 22.3 Å². The molecule has 15 heavy (non-hydrogen) atoms. The van der Waals surface area contributed by atoms with Crippen molar-refractivity contribution in [2.24, 2.45) is 0 Å². The number of halogens is 1. The predicted octanol–water partition coefficient (Wildman–Crippen LogP) is 4.12. The normalized spacial score (nSPS) is 11.0. The number of fused-ring (bicyclic) bond motifs is 1. The Bertz CT molecular complexity index is 539. The highest BCUT2D eigenvalue weighted by Gasteiger charge is 2.07. The molecule has 78 valence electrons. The smallest absolute Gasteiger partial charge is 0.132 e. The first-order valence-electron chi connectivity index (χ1n) is 5.04. The van der Waals surface area contributed by atoms with Gasteiger partial charge in [-0.1, -0.05) is 11.6 Å². The molecule has 0 amide bonds. The van der Waals surface area contributed by atoms with E-state index in [1.165, 1.54) is 22.1 Å². The lowest BCUT2D eigenvalue weighted by Gasteiger charge is -2.10. The standard InChI is InChI=1S/C13H14ClN/c1-7-6-12-11(10(4)9(7)3)5-8(2)13(14)15-12/h5-6H,1-4H3. The second-order valence-electron chi connectivity index (χ2n) is 4.11. The van der Waals surface area contributed by atoms with Crippen molar-refractivity contribution in [3.63, 3.8) is 0 Å². The summed E-state index contributed by atoms with van der Waals surface area (Å²) < 4.78 is 0. The second-order valence-corrected chi connectivity index (χ2v) is 4.46. The molecule has 0 atom stereocenters. The van der Waals surface area contributed by atoms with Crippen LogP contribution in [0.15, 0.2) is 12.1 Å². The molecule has 0 radical (unpaired) electrons. The number of hydrogen-bond acceptors (Lipinski definition) is 1. The molecule has 1 aromatic carbocycles. The summed E-state index contributed by atoms with van der Waals surface area (Å²) in [6, 6.07) is 4.22. The van der Waals surface area contributed by atoms with Gasteiger partial charge in [0.1, 0.15) is 5.15 Å². The fourth-order valence-corrected chi connectivity index (χ4v) is 1.97. The van der Waals surface area contributed by atoms with Gasteiger partial charge in [0.05, 0.1) is 5.52 Å². The van der Waals surface area contributed by atoms with Gasteiger partial charge in [0.25, 0.3) is 0 Å². The average Bonchev–Trinajstić information content (AvgIpc) is 2.19. The zero-order valence-corrected chi connectivity index (χ0v) is 10.2. The van der Waals surface area contributed by atoms with Crippen LogP contribution >= 0.6 is 11.6 Å². The molecule has 2 heteroatoms. The van der Waals surface area contributed by atoms with Crippen LogP contribution in [0.25, 0.3) is 10.9 Å². The highest BCUT2D eigenvalue weighted by atomic mass is 35.5. The van der Waals surface area contributed by atoms with Gasteiger partial charge >= 0.3 is 0 Å². The number of rotatable bonds is 0. The Labute approximate surface area is 95.1 Å². The fraction of sp³-hybridized carbons (Fsp3) is 0.308. The molecule has 0 saturated carbocycles. The van der Waals surface area contributed by atoms with E-state index < -0.39 is 0 Å². The van der Waals surface area contributed by atoms with Gasteiger partial charge in [-0.15, -0.1) is 0 Å². The first-order chi connectivity index (χ1) is 7.00. The monoisotopic (exact) mass is 219 g/mol. The molecule has 0 bridgehead atoms. The Morgan fingerprint density at radius 3 is 2.27 bits per heavy atom. The lowest BCUT2D eigenvalue weighted by molar-refractivity contribution is 1.26. The van der Waals surface area contributed by atoms with Gasteiger partial charge in [-0.3, -0.25) is 0 Å². The van der Waals surface area contributed by atoms with Crippen molar-refractivity contribution >= 4 is 22.5 Å². The third kappa shape index (κ3) is 1.61. The Morgan fingerprint density at radius 1 is 0.933 bits per heavy atom. The first-order valence-corrected chi connectivity index (χ1v) is 5.42. The van der Waals surface area contributed by atoms with Gasteiger partial charge < -0.3 is 0 Å². The van der Waals surface area contributed by atoms with Crippen molar-refractivity contribution in [3.05, 3.63) is 39.5 Å².